The van der Waals surface area contributed by atoms with Crippen molar-refractivity contribution in [3.63, 3.8) is 0 Å². The first-order valence-electron chi connectivity index (χ1n) is 6.58. The maximum Gasteiger partial charge on any atom is 0.0406 e. The summed E-state index contributed by atoms with van der Waals surface area (Å²) in [4.78, 5) is 0. The van der Waals surface area contributed by atoms with Crippen LogP contribution >= 0.6 is 11.6 Å². The summed E-state index contributed by atoms with van der Waals surface area (Å²) in [6.45, 7) is 9.09. The van der Waals surface area contributed by atoms with Gasteiger partial charge < -0.3 is 5.32 Å². The van der Waals surface area contributed by atoms with E-state index in [4.69, 9.17) is 11.6 Å². The van der Waals surface area contributed by atoms with E-state index in [-0.39, 0.29) is 0 Å². The van der Waals surface area contributed by atoms with E-state index in [0.717, 1.165) is 24.5 Å². The number of hydrogen-bond donors (Lipinski definition) is 1. The van der Waals surface area contributed by atoms with Crippen LogP contribution in [-0.2, 0) is 6.42 Å². The quantitative estimate of drug-likeness (QED) is 0.720. The molecule has 0 aliphatic rings. The number of nitrogens with one attached hydrogen (secondary N) is 1. The number of halogens is 1. The first-order valence-corrected chi connectivity index (χ1v) is 6.96. The maximum absolute atomic E-state index is 5.89. The highest BCUT2D eigenvalue weighted by Gasteiger charge is 2.12. The molecule has 1 rings (SSSR count). The van der Waals surface area contributed by atoms with Crippen molar-refractivity contribution < 1.29 is 0 Å². The summed E-state index contributed by atoms with van der Waals surface area (Å²) in [6, 6.07) is 8.21. The van der Waals surface area contributed by atoms with Gasteiger partial charge >= 0.3 is 0 Å². The molecule has 0 aliphatic carbocycles. The number of benzene rings is 1. The van der Waals surface area contributed by atoms with E-state index < -0.39 is 0 Å². The Bertz CT molecular complexity index is 307. The number of rotatable bonds is 7. The highest BCUT2D eigenvalue weighted by atomic mass is 35.5. The molecule has 96 valence electrons. The van der Waals surface area contributed by atoms with Crippen molar-refractivity contribution in [1.29, 1.82) is 0 Å². The molecule has 0 saturated carbocycles. The smallest absolute Gasteiger partial charge is 0.0406 e. The van der Waals surface area contributed by atoms with Crippen molar-refractivity contribution in [2.24, 2.45) is 11.8 Å². The molecule has 1 aromatic carbocycles. The van der Waals surface area contributed by atoms with E-state index in [2.05, 4.69) is 38.2 Å². The van der Waals surface area contributed by atoms with Gasteiger partial charge in [0.1, 0.15) is 0 Å². The number of hydrogen-bond acceptors (Lipinski definition) is 1. The summed E-state index contributed by atoms with van der Waals surface area (Å²) >= 11 is 5.89. The molecular weight excluding hydrogens is 230 g/mol. The van der Waals surface area contributed by atoms with Crippen molar-refractivity contribution in [2.45, 2.75) is 33.6 Å². The molecule has 0 aromatic heterocycles. The monoisotopic (exact) mass is 253 g/mol. The van der Waals surface area contributed by atoms with Crippen molar-refractivity contribution in [2.75, 3.05) is 13.1 Å². The van der Waals surface area contributed by atoms with E-state index in [1.165, 1.54) is 12.0 Å². The van der Waals surface area contributed by atoms with Gasteiger partial charge in [0.15, 0.2) is 0 Å². The second kappa shape index (κ2) is 7.73. The van der Waals surface area contributed by atoms with Crippen LogP contribution in [0.2, 0.25) is 5.02 Å². The third kappa shape index (κ3) is 5.56. The molecule has 1 N–H and O–H groups in total. The molecule has 1 nitrogen and oxygen atoms in total. The first kappa shape index (κ1) is 14.5. The lowest BCUT2D eigenvalue weighted by Gasteiger charge is -2.20. The first-order chi connectivity index (χ1) is 8.13. The van der Waals surface area contributed by atoms with Gasteiger partial charge in [-0.15, -0.1) is 0 Å². The summed E-state index contributed by atoms with van der Waals surface area (Å²) in [5, 5.41) is 4.31. The fourth-order valence-corrected chi connectivity index (χ4v) is 2.03. The molecule has 2 heteroatoms. The van der Waals surface area contributed by atoms with Crippen molar-refractivity contribution in [3.8, 4) is 0 Å². The van der Waals surface area contributed by atoms with E-state index in [0.29, 0.717) is 11.8 Å². The fourth-order valence-electron chi connectivity index (χ4n) is 1.90. The predicted octanol–water partition coefficient (Wildman–Crippen LogP) is 4.15. The topological polar surface area (TPSA) is 12.0 Å². The lowest BCUT2D eigenvalue weighted by atomic mass is 9.89. The van der Waals surface area contributed by atoms with Crippen LogP contribution in [0.25, 0.3) is 0 Å². The van der Waals surface area contributed by atoms with Crippen LogP contribution in [0, 0.1) is 11.8 Å². The molecule has 0 spiro atoms. The Hall–Kier alpha value is -0.530. The van der Waals surface area contributed by atoms with Crippen LogP contribution in [0.3, 0.4) is 0 Å². The SMILES string of the molecule is CCCNCC(C)C(C)Cc1ccc(Cl)cc1. The third-order valence-electron chi connectivity index (χ3n) is 3.34. The van der Waals surface area contributed by atoms with E-state index >= 15 is 0 Å². The minimum absolute atomic E-state index is 0.695. The Morgan fingerprint density at radius 2 is 1.76 bits per heavy atom. The van der Waals surface area contributed by atoms with Crippen LogP contribution in [0.15, 0.2) is 24.3 Å². The van der Waals surface area contributed by atoms with Gasteiger partial charge in [-0.1, -0.05) is 44.5 Å². The van der Waals surface area contributed by atoms with E-state index in [1.807, 2.05) is 12.1 Å². The van der Waals surface area contributed by atoms with Crippen LogP contribution in [-0.4, -0.2) is 13.1 Å². The van der Waals surface area contributed by atoms with Gasteiger partial charge in [0.05, 0.1) is 0 Å². The summed E-state index contributed by atoms with van der Waals surface area (Å²) in [7, 11) is 0. The average molecular weight is 254 g/mol. The molecule has 0 amide bonds. The normalized spacial score (nSPS) is 14.6. The summed E-state index contributed by atoms with van der Waals surface area (Å²) in [5.74, 6) is 1.40. The molecule has 0 bridgehead atoms. The van der Waals surface area contributed by atoms with E-state index in [9.17, 15) is 0 Å². The van der Waals surface area contributed by atoms with Crippen molar-refractivity contribution in [1.82, 2.24) is 5.32 Å². The second-order valence-electron chi connectivity index (χ2n) is 4.99. The Morgan fingerprint density at radius 1 is 1.12 bits per heavy atom. The molecular formula is C15H24ClN. The van der Waals surface area contributed by atoms with Gasteiger partial charge in [-0.3, -0.25) is 0 Å². The van der Waals surface area contributed by atoms with Crippen molar-refractivity contribution >= 4 is 11.6 Å². The molecule has 1 aromatic rings. The van der Waals surface area contributed by atoms with Crippen LogP contribution < -0.4 is 5.32 Å². The van der Waals surface area contributed by atoms with Crippen LogP contribution in [0.1, 0.15) is 32.8 Å². The van der Waals surface area contributed by atoms with Gasteiger partial charge in [-0.05, 0) is 55.5 Å². The molecule has 0 saturated heterocycles. The minimum atomic E-state index is 0.695. The molecule has 17 heavy (non-hydrogen) atoms. The second-order valence-corrected chi connectivity index (χ2v) is 5.43. The minimum Gasteiger partial charge on any atom is -0.316 e. The predicted molar refractivity (Wildman–Crippen MR) is 76.6 cm³/mol. The lowest BCUT2D eigenvalue weighted by molar-refractivity contribution is 0.365. The van der Waals surface area contributed by atoms with Crippen LogP contribution in [0.5, 0.6) is 0 Å². The zero-order valence-corrected chi connectivity index (χ0v) is 11.9. The van der Waals surface area contributed by atoms with Gasteiger partial charge in [0, 0.05) is 5.02 Å². The largest absolute Gasteiger partial charge is 0.316 e. The Balaban J connectivity index is 2.37. The van der Waals surface area contributed by atoms with Crippen LogP contribution in [0.4, 0.5) is 0 Å². The molecule has 2 unspecified atom stereocenters. The fraction of sp³-hybridized carbons (Fsp3) is 0.600. The Labute approximate surface area is 111 Å². The third-order valence-corrected chi connectivity index (χ3v) is 3.59. The van der Waals surface area contributed by atoms with Gasteiger partial charge in [-0.2, -0.15) is 0 Å². The Kier molecular flexibility index (Phi) is 6.61. The van der Waals surface area contributed by atoms with Gasteiger partial charge in [0.25, 0.3) is 0 Å². The van der Waals surface area contributed by atoms with Gasteiger partial charge in [-0.25, -0.2) is 0 Å². The molecule has 0 heterocycles. The average Bonchev–Trinajstić information content (AvgIpc) is 2.32. The summed E-state index contributed by atoms with van der Waals surface area (Å²) in [6.07, 6.45) is 2.34. The Morgan fingerprint density at radius 3 is 2.35 bits per heavy atom. The zero-order chi connectivity index (χ0) is 12.7. The van der Waals surface area contributed by atoms with Gasteiger partial charge in [0.2, 0.25) is 0 Å². The summed E-state index contributed by atoms with van der Waals surface area (Å²) < 4.78 is 0. The standard InChI is InChI=1S/C15H24ClN/c1-4-9-17-11-13(3)12(2)10-14-5-7-15(16)8-6-14/h5-8,12-13,17H,4,9-11H2,1-3H3. The lowest BCUT2D eigenvalue weighted by Crippen LogP contribution is -2.26. The zero-order valence-electron chi connectivity index (χ0n) is 11.2. The van der Waals surface area contributed by atoms with Crippen molar-refractivity contribution in [3.05, 3.63) is 34.9 Å². The highest BCUT2D eigenvalue weighted by Crippen LogP contribution is 2.18. The highest BCUT2D eigenvalue weighted by molar-refractivity contribution is 6.30. The molecule has 2 atom stereocenters. The maximum atomic E-state index is 5.89. The molecule has 0 fully saturated rings. The summed E-state index contributed by atoms with van der Waals surface area (Å²) in [5.41, 5.74) is 1.38. The van der Waals surface area contributed by atoms with E-state index in [1.54, 1.807) is 0 Å². The molecule has 0 radical (unpaired) electrons. The molecule has 0 aliphatic heterocycles.